The van der Waals surface area contributed by atoms with Gasteiger partial charge in [0.25, 0.3) is 0 Å². The van der Waals surface area contributed by atoms with Gasteiger partial charge in [-0.05, 0) is 37.8 Å². The van der Waals surface area contributed by atoms with Crippen molar-refractivity contribution in [3.63, 3.8) is 0 Å². The minimum atomic E-state index is 0.358. The van der Waals surface area contributed by atoms with E-state index < -0.39 is 0 Å². The summed E-state index contributed by atoms with van der Waals surface area (Å²) in [5.41, 5.74) is 1.17. The molecule has 2 heterocycles. The molecule has 2 aromatic heterocycles. The molecule has 0 aliphatic carbocycles. The number of thiophene rings is 1. The Morgan fingerprint density at radius 3 is 2.82 bits per heavy atom. The summed E-state index contributed by atoms with van der Waals surface area (Å²) >= 11 is 1.83. The standard InChI is InChI=1S/C13H17N3S/c1-14-13(11-8-15-10-16-9-11)6-2-4-12-5-3-7-17-12/h3,5,7-10,13-14H,2,4,6H2,1H3. The topological polar surface area (TPSA) is 37.8 Å². The van der Waals surface area contributed by atoms with E-state index in [1.165, 1.54) is 16.9 Å². The lowest BCUT2D eigenvalue weighted by molar-refractivity contribution is 0.525. The van der Waals surface area contributed by atoms with E-state index in [1.807, 2.05) is 30.8 Å². The van der Waals surface area contributed by atoms with Crippen LogP contribution < -0.4 is 5.32 Å². The Labute approximate surface area is 106 Å². The molecule has 0 spiro atoms. The normalized spacial score (nSPS) is 12.5. The first-order chi connectivity index (χ1) is 8.40. The van der Waals surface area contributed by atoms with E-state index in [-0.39, 0.29) is 0 Å². The zero-order valence-electron chi connectivity index (χ0n) is 9.97. The average Bonchev–Trinajstić information content (AvgIpc) is 2.89. The van der Waals surface area contributed by atoms with Crippen LogP contribution >= 0.6 is 11.3 Å². The van der Waals surface area contributed by atoms with Crippen molar-refractivity contribution in [3.8, 4) is 0 Å². The summed E-state index contributed by atoms with van der Waals surface area (Å²) in [7, 11) is 1.99. The van der Waals surface area contributed by atoms with E-state index in [0.29, 0.717) is 6.04 Å². The number of rotatable bonds is 6. The third-order valence-electron chi connectivity index (χ3n) is 2.83. The first-order valence-corrected chi connectivity index (χ1v) is 6.72. The van der Waals surface area contributed by atoms with E-state index in [2.05, 4.69) is 32.8 Å². The number of hydrogen-bond donors (Lipinski definition) is 1. The van der Waals surface area contributed by atoms with Crippen LogP contribution in [0.25, 0.3) is 0 Å². The quantitative estimate of drug-likeness (QED) is 0.853. The fourth-order valence-corrected chi connectivity index (χ4v) is 2.65. The number of nitrogens with zero attached hydrogens (tertiary/aromatic N) is 2. The predicted octanol–water partition coefficient (Wildman–Crippen LogP) is 2.82. The Morgan fingerprint density at radius 1 is 1.35 bits per heavy atom. The van der Waals surface area contributed by atoms with E-state index in [9.17, 15) is 0 Å². The molecular weight excluding hydrogens is 230 g/mol. The lowest BCUT2D eigenvalue weighted by Crippen LogP contribution is -2.16. The summed E-state index contributed by atoms with van der Waals surface area (Å²) < 4.78 is 0. The Hall–Kier alpha value is -1.26. The molecule has 0 radical (unpaired) electrons. The van der Waals surface area contributed by atoms with Gasteiger partial charge in [0.05, 0.1) is 0 Å². The highest BCUT2D eigenvalue weighted by molar-refractivity contribution is 7.09. The van der Waals surface area contributed by atoms with Crippen molar-refractivity contribution in [1.29, 1.82) is 0 Å². The van der Waals surface area contributed by atoms with Crippen molar-refractivity contribution in [3.05, 3.63) is 46.7 Å². The SMILES string of the molecule is CNC(CCCc1cccs1)c1cncnc1. The zero-order chi connectivity index (χ0) is 11.9. The van der Waals surface area contributed by atoms with E-state index >= 15 is 0 Å². The van der Waals surface area contributed by atoms with Crippen LogP contribution in [0.4, 0.5) is 0 Å². The molecular formula is C13H17N3S. The van der Waals surface area contributed by atoms with Crippen LogP contribution in [-0.4, -0.2) is 17.0 Å². The second-order valence-electron chi connectivity index (χ2n) is 3.98. The molecule has 2 rings (SSSR count). The average molecular weight is 247 g/mol. The van der Waals surface area contributed by atoms with Crippen molar-refractivity contribution < 1.29 is 0 Å². The van der Waals surface area contributed by atoms with Crippen LogP contribution in [0, 0.1) is 0 Å². The first kappa shape index (κ1) is 12.2. The number of hydrogen-bond acceptors (Lipinski definition) is 4. The molecule has 0 saturated heterocycles. The minimum absolute atomic E-state index is 0.358. The highest BCUT2D eigenvalue weighted by Gasteiger charge is 2.09. The van der Waals surface area contributed by atoms with Gasteiger partial charge in [-0.1, -0.05) is 6.07 Å². The first-order valence-electron chi connectivity index (χ1n) is 5.84. The summed E-state index contributed by atoms with van der Waals surface area (Å²) in [4.78, 5) is 9.59. The van der Waals surface area contributed by atoms with Crippen LogP contribution in [0.2, 0.25) is 0 Å². The van der Waals surface area contributed by atoms with Crippen LogP contribution in [0.15, 0.2) is 36.2 Å². The Bertz CT molecular complexity index is 413. The number of nitrogens with one attached hydrogen (secondary N) is 1. The predicted molar refractivity (Wildman–Crippen MR) is 71.1 cm³/mol. The maximum Gasteiger partial charge on any atom is 0.115 e. The summed E-state index contributed by atoms with van der Waals surface area (Å²) in [6, 6.07) is 4.67. The molecule has 0 bridgehead atoms. The van der Waals surface area contributed by atoms with Gasteiger partial charge in [0.1, 0.15) is 6.33 Å². The van der Waals surface area contributed by atoms with E-state index in [0.717, 1.165) is 12.8 Å². The maximum atomic E-state index is 4.06. The summed E-state index contributed by atoms with van der Waals surface area (Å²) in [5.74, 6) is 0. The lowest BCUT2D eigenvalue weighted by atomic mass is 10.0. The maximum absolute atomic E-state index is 4.06. The van der Waals surface area contributed by atoms with Gasteiger partial charge in [-0.2, -0.15) is 0 Å². The van der Waals surface area contributed by atoms with Crippen LogP contribution in [0.5, 0.6) is 0 Å². The highest BCUT2D eigenvalue weighted by Crippen LogP contribution is 2.19. The van der Waals surface area contributed by atoms with Gasteiger partial charge in [-0.25, -0.2) is 9.97 Å². The Balaban J connectivity index is 1.84. The largest absolute Gasteiger partial charge is 0.313 e. The molecule has 90 valence electrons. The molecule has 0 fully saturated rings. The van der Waals surface area contributed by atoms with Crippen molar-refractivity contribution in [2.45, 2.75) is 25.3 Å². The summed E-state index contributed by atoms with van der Waals surface area (Å²) in [6.45, 7) is 0. The summed E-state index contributed by atoms with van der Waals surface area (Å²) in [6.07, 6.45) is 8.80. The van der Waals surface area contributed by atoms with E-state index in [1.54, 1.807) is 6.33 Å². The molecule has 0 saturated carbocycles. The minimum Gasteiger partial charge on any atom is -0.313 e. The van der Waals surface area contributed by atoms with Crippen LogP contribution in [-0.2, 0) is 6.42 Å². The third kappa shape index (κ3) is 3.61. The molecule has 3 nitrogen and oxygen atoms in total. The molecule has 4 heteroatoms. The highest BCUT2D eigenvalue weighted by atomic mass is 32.1. The lowest BCUT2D eigenvalue weighted by Gasteiger charge is -2.15. The Morgan fingerprint density at radius 2 is 2.18 bits per heavy atom. The molecule has 0 amide bonds. The van der Waals surface area contributed by atoms with Crippen molar-refractivity contribution in [1.82, 2.24) is 15.3 Å². The van der Waals surface area contributed by atoms with Gasteiger partial charge in [0.15, 0.2) is 0 Å². The second-order valence-corrected chi connectivity index (χ2v) is 5.02. The fraction of sp³-hybridized carbons (Fsp3) is 0.385. The van der Waals surface area contributed by atoms with Gasteiger partial charge in [0, 0.05) is 28.9 Å². The third-order valence-corrected chi connectivity index (χ3v) is 3.76. The molecule has 0 aliphatic rings. The Kier molecular flexibility index (Phi) is 4.64. The van der Waals surface area contributed by atoms with Gasteiger partial charge >= 0.3 is 0 Å². The van der Waals surface area contributed by atoms with E-state index in [4.69, 9.17) is 0 Å². The summed E-state index contributed by atoms with van der Waals surface area (Å²) in [5, 5.41) is 5.46. The van der Waals surface area contributed by atoms with Crippen molar-refractivity contribution >= 4 is 11.3 Å². The molecule has 0 aromatic carbocycles. The molecule has 17 heavy (non-hydrogen) atoms. The van der Waals surface area contributed by atoms with Crippen molar-refractivity contribution in [2.24, 2.45) is 0 Å². The zero-order valence-corrected chi connectivity index (χ0v) is 10.8. The fourth-order valence-electron chi connectivity index (χ4n) is 1.90. The molecule has 1 atom stereocenters. The van der Waals surface area contributed by atoms with Crippen LogP contribution in [0.1, 0.15) is 29.3 Å². The monoisotopic (exact) mass is 247 g/mol. The van der Waals surface area contributed by atoms with Gasteiger partial charge in [0.2, 0.25) is 0 Å². The van der Waals surface area contributed by atoms with Crippen LogP contribution in [0.3, 0.4) is 0 Å². The van der Waals surface area contributed by atoms with Gasteiger partial charge in [-0.15, -0.1) is 11.3 Å². The molecule has 0 aliphatic heterocycles. The van der Waals surface area contributed by atoms with Gasteiger partial charge in [-0.3, -0.25) is 0 Å². The van der Waals surface area contributed by atoms with Crippen molar-refractivity contribution in [2.75, 3.05) is 7.05 Å². The molecule has 2 aromatic rings. The molecule has 1 unspecified atom stereocenters. The molecule has 1 N–H and O–H groups in total. The smallest absolute Gasteiger partial charge is 0.115 e. The van der Waals surface area contributed by atoms with Gasteiger partial charge < -0.3 is 5.32 Å². The number of aromatic nitrogens is 2. The second kappa shape index (κ2) is 6.47. The number of aryl methyl sites for hydroxylation is 1.